The van der Waals surface area contributed by atoms with E-state index in [1.54, 1.807) is 0 Å². The van der Waals surface area contributed by atoms with Crippen LogP contribution in [0.15, 0.2) is 30.3 Å². The van der Waals surface area contributed by atoms with Crippen molar-refractivity contribution in [3.8, 4) is 0 Å². The van der Waals surface area contributed by atoms with E-state index in [9.17, 15) is 0 Å². The van der Waals surface area contributed by atoms with Crippen LogP contribution in [0, 0.1) is 0 Å². The number of nitrogens with zero attached hydrogens (tertiary/aromatic N) is 2. The van der Waals surface area contributed by atoms with Crippen LogP contribution in [0.25, 0.3) is 10.9 Å². The maximum absolute atomic E-state index is 6.05. The molecule has 18 heavy (non-hydrogen) atoms. The fourth-order valence-corrected chi connectivity index (χ4v) is 2.52. The summed E-state index contributed by atoms with van der Waals surface area (Å²) in [6, 6.07) is 10.2. The molecule has 94 valence electrons. The van der Waals surface area contributed by atoms with E-state index in [0.29, 0.717) is 5.88 Å². The molecule has 0 aliphatic carbocycles. The average molecular weight is 263 g/mol. The van der Waals surface area contributed by atoms with Gasteiger partial charge in [0.1, 0.15) is 5.82 Å². The van der Waals surface area contributed by atoms with Gasteiger partial charge in [-0.15, -0.1) is 11.6 Å². The highest BCUT2D eigenvalue weighted by molar-refractivity contribution is 6.18. The number of benzene rings is 1. The second-order valence-corrected chi connectivity index (χ2v) is 4.66. The number of aromatic nitrogens is 1. The van der Waals surface area contributed by atoms with Gasteiger partial charge in [0.05, 0.1) is 18.7 Å². The SMILES string of the molecule is ClCc1cc(N2CCOCC2)nc2ccccc12. The van der Waals surface area contributed by atoms with E-state index < -0.39 is 0 Å². The summed E-state index contributed by atoms with van der Waals surface area (Å²) in [5.41, 5.74) is 2.15. The molecule has 3 rings (SSSR count). The molecule has 2 aromatic rings. The first kappa shape index (κ1) is 11.8. The lowest BCUT2D eigenvalue weighted by molar-refractivity contribution is 0.122. The number of halogens is 1. The number of alkyl halides is 1. The highest BCUT2D eigenvalue weighted by atomic mass is 35.5. The first-order valence-electron chi connectivity index (χ1n) is 6.16. The minimum atomic E-state index is 0.514. The van der Waals surface area contributed by atoms with Crippen molar-refractivity contribution in [2.45, 2.75) is 5.88 Å². The predicted octanol–water partition coefficient (Wildman–Crippen LogP) is 2.81. The molecule has 1 fully saturated rings. The zero-order valence-corrected chi connectivity index (χ0v) is 10.9. The topological polar surface area (TPSA) is 25.4 Å². The van der Waals surface area contributed by atoms with Gasteiger partial charge in [-0.25, -0.2) is 4.98 Å². The van der Waals surface area contributed by atoms with Crippen molar-refractivity contribution in [2.75, 3.05) is 31.2 Å². The summed E-state index contributed by atoms with van der Waals surface area (Å²) in [4.78, 5) is 6.98. The molecule has 2 heterocycles. The molecule has 1 saturated heterocycles. The minimum Gasteiger partial charge on any atom is -0.378 e. The number of ether oxygens (including phenoxy) is 1. The first-order valence-corrected chi connectivity index (χ1v) is 6.69. The number of anilines is 1. The zero-order chi connectivity index (χ0) is 12.4. The van der Waals surface area contributed by atoms with E-state index >= 15 is 0 Å². The monoisotopic (exact) mass is 262 g/mol. The van der Waals surface area contributed by atoms with Gasteiger partial charge in [0.25, 0.3) is 0 Å². The second kappa shape index (κ2) is 5.12. The molecule has 0 N–H and O–H groups in total. The minimum absolute atomic E-state index is 0.514. The van der Waals surface area contributed by atoms with Gasteiger partial charge in [-0.2, -0.15) is 0 Å². The van der Waals surface area contributed by atoms with Crippen LogP contribution >= 0.6 is 11.6 Å². The molecule has 0 spiro atoms. The van der Waals surface area contributed by atoms with Crippen molar-refractivity contribution in [3.63, 3.8) is 0 Å². The van der Waals surface area contributed by atoms with E-state index in [2.05, 4.69) is 17.0 Å². The molecule has 0 bridgehead atoms. The van der Waals surface area contributed by atoms with Crippen molar-refractivity contribution in [1.82, 2.24) is 4.98 Å². The standard InChI is InChI=1S/C14H15ClN2O/c15-10-11-9-14(17-5-7-18-8-6-17)16-13-4-2-1-3-12(11)13/h1-4,9H,5-8,10H2. The van der Waals surface area contributed by atoms with Gasteiger partial charge >= 0.3 is 0 Å². The maximum Gasteiger partial charge on any atom is 0.129 e. The van der Waals surface area contributed by atoms with E-state index in [1.807, 2.05) is 18.2 Å². The smallest absolute Gasteiger partial charge is 0.129 e. The molecule has 1 aliphatic rings. The molecule has 1 aliphatic heterocycles. The maximum atomic E-state index is 6.05. The lowest BCUT2D eigenvalue weighted by atomic mass is 10.1. The van der Waals surface area contributed by atoms with Gasteiger partial charge in [0.15, 0.2) is 0 Å². The Morgan fingerprint density at radius 1 is 1.22 bits per heavy atom. The highest BCUT2D eigenvalue weighted by Crippen LogP contribution is 2.24. The molecule has 0 amide bonds. The number of hydrogen-bond acceptors (Lipinski definition) is 3. The predicted molar refractivity (Wildman–Crippen MR) is 74.3 cm³/mol. The van der Waals surface area contributed by atoms with Crippen LogP contribution < -0.4 is 4.90 Å². The number of hydrogen-bond donors (Lipinski definition) is 0. The third-order valence-electron chi connectivity index (χ3n) is 3.27. The Labute approximate surface area is 111 Å². The van der Waals surface area contributed by atoms with E-state index in [4.69, 9.17) is 21.3 Å². The molecule has 1 aromatic heterocycles. The summed E-state index contributed by atoms with van der Waals surface area (Å²) in [6.07, 6.45) is 0. The molecule has 0 unspecified atom stereocenters. The van der Waals surface area contributed by atoms with E-state index in [0.717, 1.165) is 48.6 Å². The summed E-state index contributed by atoms with van der Waals surface area (Å²) in [5, 5.41) is 1.14. The fraction of sp³-hybridized carbons (Fsp3) is 0.357. The number of para-hydroxylation sites is 1. The lowest BCUT2D eigenvalue weighted by Crippen LogP contribution is -2.36. The Morgan fingerprint density at radius 3 is 2.78 bits per heavy atom. The third-order valence-corrected chi connectivity index (χ3v) is 3.56. The number of pyridine rings is 1. The van der Waals surface area contributed by atoms with Gasteiger partial charge in [0, 0.05) is 24.4 Å². The summed E-state index contributed by atoms with van der Waals surface area (Å²) >= 11 is 6.05. The molecular formula is C14H15ClN2O. The van der Waals surface area contributed by atoms with Crippen molar-refractivity contribution >= 4 is 28.3 Å². The average Bonchev–Trinajstić information content (AvgIpc) is 2.47. The summed E-state index contributed by atoms with van der Waals surface area (Å²) < 4.78 is 5.37. The summed E-state index contributed by atoms with van der Waals surface area (Å²) in [6.45, 7) is 3.33. The normalized spacial score (nSPS) is 16.2. The van der Waals surface area contributed by atoms with Crippen LogP contribution in [-0.2, 0) is 10.6 Å². The van der Waals surface area contributed by atoms with E-state index in [-0.39, 0.29) is 0 Å². The van der Waals surface area contributed by atoms with Crippen molar-refractivity contribution in [2.24, 2.45) is 0 Å². The van der Waals surface area contributed by atoms with Crippen molar-refractivity contribution < 1.29 is 4.74 Å². The molecule has 4 heteroatoms. The largest absolute Gasteiger partial charge is 0.378 e. The Morgan fingerprint density at radius 2 is 2.00 bits per heavy atom. The van der Waals surface area contributed by atoms with Crippen LogP contribution in [0.3, 0.4) is 0 Å². The Balaban J connectivity index is 2.07. The Bertz CT molecular complexity index is 552. The molecule has 1 aromatic carbocycles. The van der Waals surface area contributed by atoms with Gasteiger partial charge in [-0.05, 0) is 17.7 Å². The second-order valence-electron chi connectivity index (χ2n) is 4.39. The summed E-state index contributed by atoms with van der Waals surface area (Å²) in [5.74, 6) is 1.52. The lowest BCUT2D eigenvalue weighted by Gasteiger charge is -2.28. The Kier molecular flexibility index (Phi) is 3.35. The number of fused-ring (bicyclic) bond motifs is 1. The van der Waals surface area contributed by atoms with Crippen molar-refractivity contribution in [3.05, 3.63) is 35.9 Å². The van der Waals surface area contributed by atoms with Gasteiger partial charge in [0.2, 0.25) is 0 Å². The van der Waals surface area contributed by atoms with Crippen LogP contribution in [0.1, 0.15) is 5.56 Å². The van der Waals surface area contributed by atoms with Crippen molar-refractivity contribution in [1.29, 1.82) is 0 Å². The van der Waals surface area contributed by atoms with Crippen LogP contribution in [-0.4, -0.2) is 31.3 Å². The van der Waals surface area contributed by atoms with Gasteiger partial charge < -0.3 is 9.64 Å². The first-order chi connectivity index (χ1) is 8.88. The van der Waals surface area contributed by atoms with Crippen LogP contribution in [0.4, 0.5) is 5.82 Å². The zero-order valence-electron chi connectivity index (χ0n) is 10.1. The highest BCUT2D eigenvalue weighted by Gasteiger charge is 2.14. The number of rotatable bonds is 2. The number of morpholine rings is 1. The molecule has 0 atom stereocenters. The quantitative estimate of drug-likeness (QED) is 0.779. The van der Waals surface area contributed by atoms with Gasteiger partial charge in [-0.3, -0.25) is 0 Å². The fourth-order valence-electron chi connectivity index (χ4n) is 2.30. The molecule has 0 radical (unpaired) electrons. The molecule has 0 saturated carbocycles. The molecular weight excluding hydrogens is 248 g/mol. The molecule has 3 nitrogen and oxygen atoms in total. The van der Waals surface area contributed by atoms with E-state index in [1.165, 1.54) is 0 Å². The third kappa shape index (κ3) is 2.16. The Hall–Kier alpha value is -1.32. The summed E-state index contributed by atoms with van der Waals surface area (Å²) in [7, 11) is 0. The van der Waals surface area contributed by atoms with Crippen LogP contribution in [0.2, 0.25) is 0 Å². The van der Waals surface area contributed by atoms with Crippen LogP contribution in [0.5, 0.6) is 0 Å². The van der Waals surface area contributed by atoms with Gasteiger partial charge in [-0.1, -0.05) is 18.2 Å².